The molecular weight excluding hydrogens is 200 g/mol. The summed E-state index contributed by atoms with van der Waals surface area (Å²) in [6.45, 7) is 9.85. The highest BCUT2D eigenvalue weighted by atomic mass is 16.3. The maximum Gasteiger partial charge on any atom is 0.0680 e. The van der Waals surface area contributed by atoms with E-state index in [-0.39, 0.29) is 6.10 Å². The average Bonchev–Trinajstić information content (AvgIpc) is 2.69. The Morgan fingerprint density at radius 3 is 2.69 bits per heavy atom. The molecular formula is C13H28N2O. The van der Waals surface area contributed by atoms with Gasteiger partial charge in [0.1, 0.15) is 0 Å². The molecule has 3 heteroatoms. The van der Waals surface area contributed by atoms with Gasteiger partial charge in [0.15, 0.2) is 0 Å². The highest BCUT2D eigenvalue weighted by molar-refractivity contribution is 4.84. The molecule has 1 rings (SSSR count). The minimum Gasteiger partial charge on any atom is -0.392 e. The Hall–Kier alpha value is -0.120. The van der Waals surface area contributed by atoms with E-state index in [9.17, 15) is 5.11 Å². The summed E-state index contributed by atoms with van der Waals surface area (Å²) in [4.78, 5) is 2.57. The van der Waals surface area contributed by atoms with Crippen LogP contribution in [0.3, 0.4) is 0 Å². The molecule has 1 saturated heterocycles. The van der Waals surface area contributed by atoms with Gasteiger partial charge in [-0.1, -0.05) is 20.3 Å². The molecule has 3 unspecified atom stereocenters. The summed E-state index contributed by atoms with van der Waals surface area (Å²) in [6, 6.07) is 1.15. The van der Waals surface area contributed by atoms with E-state index in [1.807, 2.05) is 0 Å². The average molecular weight is 228 g/mol. The number of hydrogen-bond donors (Lipinski definition) is 2. The second-order valence-electron chi connectivity index (χ2n) is 5.10. The number of nitrogens with one attached hydrogen (secondary N) is 1. The molecule has 1 aliphatic rings. The van der Waals surface area contributed by atoms with Crippen LogP contribution in [0.2, 0.25) is 0 Å². The molecule has 3 atom stereocenters. The zero-order valence-electron chi connectivity index (χ0n) is 11.1. The summed E-state index contributed by atoms with van der Waals surface area (Å²) in [5.74, 6) is 0. The Balaban J connectivity index is 2.36. The van der Waals surface area contributed by atoms with Crippen molar-refractivity contribution >= 4 is 0 Å². The Bertz CT molecular complexity index is 187. The summed E-state index contributed by atoms with van der Waals surface area (Å²) in [7, 11) is 0. The molecule has 0 spiro atoms. The number of β-amino-alcohol motifs (C(OH)–C–C–N with tert-alkyl or cyclic N) is 1. The fourth-order valence-electron chi connectivity index (χ4n) is 2.33. The lowest BCUT2D eigenvalue weighted by Gasteiger charge is -2.30. The zero-order valence-corrected chi connectivity index (χ0v) is 11.1. The summed E-state index contributed by atoms with van der Waals surface area (Å²) < 4.78 is 0. The fraction of sp³-hybridized carbons (Fsp3) is 1.00. The fourth-order valence-corrected chi connectivity index (χ4v) is 2.33. The van der Waals surface area contributed by atoms with Gasteiger partial charge in [0.2, 0.25) is 0 Å². The Morgan fingerprint density at radius 1 is 1.44 bits per heavy atom. The van der Waals surface area contributed by atoms with Gasteiger partial charge in [-0.3, -0.25) is 4.90 Å². The molecule has 96 valence electrons. The van der Waals surface area contributed by atoms with Crippen LogP contribution in [-0.2, 0) is 0 Å². The van der Waals surface area contributed by atoms with Crippen molar-refractivity contribution in [3.8, 4) is 0 Å². The largest absolute Gasteiger partial charge is 0.392 e. The summed E-state index contributed by atoms with van der Waals surface area (Å²) >= 11 is 0. The molecule has 0 aliphatic carbocycles. The lowest BCUT2D eigenvalue weighted by molar-refractivity contribution is 0.168. The number of unbranched alkanes of at least 4 members (excludes halogenated alkanes) is 1. The van der Waals surface area contributed by atoms with Crippen LogP contribution in [0.4, 0.5) is 0 Å². The molecule has 2 N–H and O–H groups in total. The summed E-state index contributed by atoms with van der Waals surface area (Å²) in [5, 5.41) is 12.9. The van der Waals surface area contributed by atoms with E-state index in [0.717, 1.165) is 19.5 Å². The van der Waals surface area contributed by atoms with Crippen LogP contribution < -0.4 is 5.32 Å². The van der Waals surface area contributed by atoms with Crippen molar-refractivity contribution in [1.82, 2.24) is 10.2 Å². The molecule has 0 radical (unpaired) electrons. The molecule has 1 heterocycles. The van der Waals surface area contributed by atoms with Crippen LogP contribution >= 0.6 is 0 Å². The highest BCUT2D eigenvalue weighted by Gasteiger charge is 2.25. The number of nitrogens with zero attached hydrogens (tertiary/aromatic N) is 1. The Labute approximate surface area is 100 Å². The topological polar surface area (TPSA) is 35.5 Å². The second-order valence-corrected chi connectivity index (χ2v) is 5.10. The van der Waals surface area contributed by atoms with Crippen molar-refractivity contribution in [3.05, 3.63) is 0 Å². The first-order valence-electron chi connectivity index (χ1n) is 6.82. The predicted octanol–water partition coefficient (Wildman–Crippen LogP) is 1.61. The smallest absolute Gasteiger partial charge is 0.0680 e. The number of aliphatic hydroxyl groups excluding tert-OH is 1. The molecule has 3 nitrogen and oxygen atoms in total. The molecule has 0 saturated carbocycles. The van der Waals surface area contributed by atoms with E-state index >= 15 is 0 Å². The molecule has 1 aliphatic heterocycles. The maximum atomic E-state index is 9.50. The molecule has 16 heavy (non-hydrogen) atoms. The van der Waals surface area contributed by atoms with Gasteiger partial charge in [-0.15, -0.1) is 0 Å². The summed E-state index contributed by atoms with van der Waals surface area (Å²) in [6.07, 6.45) is 4.53. The lowest BCUT2D eigenvalue weighted by atomic mass is 10.1. The van der Waals surface area contributed by atoms with E-state index in [1.54, 1.807) is 0 Å². The lowest BCUT2D eigenvalue weighted by Crippen LogP contribution is -2.42. The first kappa shape index (κ1) is 13.9. The molecule has 0 aromatic carbocycles. The van der Waals surface area contributed by atoms with Crippen molar-refractivity contribution < 1.29 is 5.11 Å². The molecule has 0 aromatic heterocycles. The molecule has 0 amide bonds. The van der Waals surface area contributed by atoms with E-state index in [4.69, 9.17) is 0 Å². The van der Waals surface area contributed by atoms with Crippen LogP contribution in [-0.4, -0.2) is 47.8 Å². The van der Waals surface area contributed by atoms with E-state index in [1.165, 1.54) is 25.8 Å². The van der Waals surface area contributed by atoms with Crippen molar-refractivity contribution in [2.45, 2.75) is 64.6 Å². The normalized spacial score (nSPS) is 27.6. The first-order chi connectivity index (χ1) is 7.67. The Kier molecular flexibility index (Phi) is 6.32. The molecule has 0 bridgehead atoms. The van der Waals surface area contributed by atoms with Crippen molar-refractivity contribution in [1.29, 1.82) is 0 Å². The third-order valence-electron chi connectivity index (χ3n) is 3.67. The zero-order chi connectivity index (χ0) is 12.0. The van der Waals surface area contributed by atoms with Gasteiger partial charge >= 0.3 is 0 Å². The SMILES string of the molecule is CCCCN(CC1CC(O)CN1)C(C)CC. The van der Waals surface area contributed by atoms with Gasteiger partial charge in [0.25, 0.3) is 0 Å². The van der Waals surface area contributed by atoms with Gasteiger partial charge in [-0.2, -0.15) is 0 Å². The van der Waals surface area contributed by atoms with Gasteiger partial charge in [0, 0.05) is 25.2 Å². The van der Waals surface area contributed by atoms with Crippen LogP contribution in [0.25, 0.3) is 0 Å². The number of hydrogen-bond acceptors (Lipinski definition) is 3. The number of aliphatic hydroxyl groups is 1. The van der Waals surface area contributed by atoms with Crippen LogP contribution in [0.5, 0.6) is 0 Å². The minimum absolute atomic E-state index is 0.130. The van der Waals surface area contributed by atoms with Gasteiger partial charge in [0.05, 0.1) is 6.10 Å². The standard InChI is InChI=1S/C13H28N2O/c1-4-6-7-15(11(3)5-2)10-12-8-13(16)9-14-12/h11-14,16H,4-10H2,1-3H3. The molecule has 1 fully saturated rings. The van der Waals surface area contributed by atoms with Crippen molar-refractivity contribution in [2.75, 3.05) is 19.6 Å². The van der Waals surface area contributed by atoms with Gasteiger partial charge in [-0.25, -0.2) is 0 Å². The monoisotopic (exact) mass is 228 g/mol. The maximum absolute atomic E-state index is 9.50. The number of rotatable bonds is 7. The van der Waals surface area contributed by atoms with E-state index < -0.39 is 0 Å². The predicted molar refractivity (Wildman–Crippen MR) is 68.6 cm³/mol. The van der Waals surface area contributed by atoms with Crippen molar-refractivity contribution in [3.63, 3.8) is 0 Å². The third-order valence-corrected chi connectivity index (χ3v) is 3.67. The van der Waals surface area contributed by atoms with Crippen molar-refractivity contribution in [2.24, 2.45) is 0 Å². The van der Waals surface area contributed by atoms with E-state index in [0.29, 0.717) is 12.1 Å². The Morgan fingerprint density at radius 2 is 2.19 bits per heavy atom. The van der Waals surface area contributed by atoms with Crippen LogP contribution in [0, 0.1) is 0 Å². The van der Waals surface area contributed by atoms with Crippen LogP contribution in [0.1, 0.15) is 46.5 Å². The van der Waals surface area contributed by atoms with Gasteiger partial charge < -0.3 is 10.4 Å². The summed E-state index contributed by atoms with van der Waals surface area (Å²) in [5.41, 5.74) is 0. The van der Waals surface area contributed by atoms with Gasteiger partial charge in [-0.05, 0) is 32.7 Å². The quantitative estimate of drug-likeness (QED) is 0.695. The second kappa shape index (κ2) is 7.25. The minimum atomic E-state index is -0.130. The third kappa shape index (κ3) is 4.40. The van der Waals surface area contributed by atoms with E-state index in [2.05, 4.69) is 31.0 Å². The first-order valence-corrected chi connectivity index (χ1v) is 6.82. The highest BCUT2D eigenvalue weighted by Crippen LogP contribution is 2.12. The molecule has 0 aromatic rings. The van der Waals surface area contributed by atoms with Crippen LogP contribution in [0.15, 0.2) is 0 Å².